The van der Waals surface area contributed by atoms with Gasteiger partial charge in [-0.1, -0.05) is 22.9 Å². The number of H-pyrrole nitrogens is 1. The van der Waals surface area contributed by atoms with Crippen molar-refractivity contribution in [1.82, 2.24) is 15.1 Å². The fourth-order valence-electron chi connectivity index (χ4n) is 2.95. The number of hydrogen-bond acceptors (Lipinski definition) is 3. The zero-order valence-corrected chi connectivity index (χ0v) is 14.0. The van der Waals surface area contributed by atoms with Crippen molar-refractivity contribution in [3.05, 3.63) is 33.9 Å². The first-order valence-corrected chi connectivity index (χ1v) is 8.14. The van der Waals surface area contributed by atoms with Crippen LogP contribution in [0.1, 0.15) is 24.6 Å². The summed E-state index contributed by atoms with van der Waals surface area (Å²) in [7, 11) is 1.70. The van der Waals surface area contributed by atoms with E-state index in [2.05, 4.69) is 44.0 Å². The van der Waals surface area contributed by atoms with Crippen molar-refractivity contribution < 1.29 is 4.74 Å². The van der Waals surface area contributed by atoms with Crippen LogP contribution in [0.5, 0.6) is 5.75 Å². The Kier molecular flexibility index (Phi) is 4.31. The Bertz CT molecular complexity index is 638. The molecule has 0 unspecified atom stereocenters. The molecule has 0 radical (unpaired) electrons. The van der Waals surface area contributed by atoms with Gasteiger partial charge in [-0.2, -0.15) is 5.10 Å². The van der Waals surface area contributed by atoms with Crippen molar-refractivity contribution in [3.63, 3.8) is 0 Å². The number of hydrogen-bond donors (Lipinski definition) is 1. The molecule has 0 spiro atoms. The average molecular weight is 350 g/mol. The fourth-order valence-corrected chi connectivity index (χ4v) is 3.31. The topological polar surface area (TPSA) is 41.2 Å². The van der Waals surface area contributed by atoms with Crippen molar-refractivity contribution >= 4 is 15.9 Å². The maximum atomic E-state index is 5.50. The van der Waals surface area contributed by atoms with Gasteiger partial charge in [-0.25, -0.2) is 0 Å². The van der Waals surface area contributed by atoms with E-state index in [1.165, 1.54) is 17.7 Å². The first-order chi connectivity index (χ1) is 10.2. The van der Waals surface area contributed by atoms with Gasteiger partial charge in [0.2, 0.25) is 0 Å². The van der Waals surface area contributed by atoms with E-state index in [0.717, 1.165) is 47.5 Å². The fraction of sp³-hybridized carbons (Fsp3) is 0.438. The van der Waals surface area contributed by atoms with Crippen molar-refractivity contribution in [1.29, 1.82) is 0 Å². The van der Waals surface area contributed by atoms with Gasteiger partial charge in [0.25, 0.3) is 0 Å². The second kappa shape index (κ2) is 6.20. The molecule has 21 heavy (non-hydrogen) atoms. The van der Waals surface area contributed by atoms with E-state index in [4.69, 9.17) is 4.74 Å². The van der Waals surface area contributed by atoms with Crippen molar-refractivity contribution in [2.75, 3.05) is 20.2 Å². The molecule has 1 aromatic heterocycles. The first kappa shape index (κ1) is 14.6. The van der Waals surface area contributed by atoms with Crippen LogP contribution in [0.3, 0.4) is 0 Å². The lowest BCUT2D eigenvalue weighted by atomic mass is 10.0. The van der Waals surface area contributed by atoms with Crippen LogP contribution in [0.25, 0.3) is 11.3 Å². The van der Waals surface area contributed by atoms with E-state index in [1.54, 1.807) is 7.11 Å². The van der Waals surface area contributed by atoms with Crippen LogP contribution in [-0.2, 0) is 13.0 Å². The molecular formula is C16H20BrN3O. The van der Waals surface area contributed by atoms with Crippen LogP contribution in [0.2, 0.25) is 0 Å². The third-order valence-corrected chi connectivity index (χ3v) is 4.46. The second-order valence-corrected chi connectivity index (χ2v) is 6.32. The Hall–Kier alpha value is -1.33. The molecule has 0 saturated carbocycles. The highest BCUT2D eigenvalue weighted by atomic mass is 79.9. The molecule has 1 aliphatic heterocycles. The van der Waals surface area contributed by atoms with Gasteiger partial charge in [0.05, 0.1) is 7.11 Å². The maximum absolute atomic E-state index is 5.50. The predicted molar refractivity (Wildman–Crippen MR) is 87.5 cm³/mol. The largest absolute Gasteiger partial charge is 0.496 e. The summed E-state index contributed by atoms with van der Waals surface area (Å²) >= 11 is 3.54. The number of aromatic nitrogens is 2. The number of nitrogens with one attached hydrogen (secondary N) is 1. The number of nitrogens with zero attached hydrogens (tertiary/aromatic N) is 2. The third kappa shape index (κ3) is 2.85. The molecule has 0 saturated heterocycles. The lowest BCUT2D eigenvalue weighted by Crippen LogP contribution is -2.31. The molecule has 0 amide bonds. The minimum Gasteiger partial charge on any atom is -0.496 e. The zero-order valence-electron chi connectivity index (χ0n) is 12.4. The summed E-state index contributed by atoms with van der Waals surface area (Å²) in [5, 5.41) is 7.77. The molecule has 3 rings (SSSR count). The van der Waals surface area contributed by atoms with E-state index >= 15 is 0 Å². The van der Waals surface area contributed by atoms with Crippen molar-refractivity contribution in [2.24, 2.45) is 0 Å². The molecular weight excluding hydrogens is 330 g/mol. The maximum Gasteiger partial charge on any atom is 0.128 e. The number of ether oxygens (including phenoxy) is 1. The van der Waals surface area contributed by atoms with Crippen LogP contribution < -0.4 is 4.74 Å². The van der Waals surface area contributed by atoms with Crippen LogP contribution in [0, 0.1) is 0 Å². The van der Waals surface area contributed by atoms with Crippen molar-refractivity contribution in [3.8, 4) is 17.0 Å². The Labute approximate surface area is 133 Å². The highest BCUT2D eigenvalue weighted by Crippen LogP contribution is 2.36. The molecule has 0 aliphatic carbocycles. The van der Waals surface area contributed by atoms with Gasteiger partial charge in [-0.05, 0) is 31.2 Å². The minimum atomic E-state index is 0.861. The van der Waals surface area contributed by atoms with E-state index in [0.29, 0.717) is 0 Å². The molecule has 1 N–H and O–H groups in total. The molecule has 112 valence electrons. The van der Waals surface area contributed by atoms with Crippen LogP contribution in [-0.4, -0.2) is 35.3 Å². The number of methoxy groups -OCH3 is 1. The molecule has 5 heteroatoms. The van der Waals surface area contributed by atoms with Gasteiger partial charge in [0.1, 0.15) is 11.4 Å². The smallest absolute Gasteiger partial charge is 0.128 e. The molecule has 1 aliphatic rings. The van der Waals surface area contributed by atoms with Gasteiger partial charge >= 0.3 is 0 Å². The Balaban J connectivity index is 2.01. The molecule has 0 bridgehead atoms. The average Bonchev–Trinajstić information content (AvgIpc) is 2.90. The first-order valence-electron chi connectivity index (χ1n) is 7.35. The third-order valence-electron chi connectivity index (χ3n) is 3.97. The van der Waals surface area contributed by atoms with Gasteiger partial charge in [0.15, 0.2) is 0 Å². The minimum absolute atomic E-state index is 0.861. The number of halogens is 1. The van der Waals surface area contributed by atoms with Crippen LogP contribution >= 0.6 is 15.9 Å². The summed E-state index contributed by atoms with van der Waals surface area (Å²) < 4.78 is 6.54. The van der Waals surface area contributed by atoms with Gasteiger partial charge in [-0.15, -0.1) is 0 Å². The Morgan fingerprint density at radius 1 is 1.43 bits per heavy atom. The normalized spacial score (nSPS) is 15.0. The Morgan fingerprint density at radius 2 is 2.29 bits per heavy atom. The number of benzene rings is 1. The van der Waals surface area contributed by atoms with Crippen LogP contribution in [0.15, 0.2) is 22.7 Å². The van der Waals surface area contributed by atoms with Gasteiger partial charge in [0, 0.05) is 40.8 Å². The molecule has 1 aromatic carbocycles. The monoisotopic (exact) mass is 349 g/mol. The number of rotatable bonds is 4. The van der Waals surface area contributed by atoms with Crippen molar-refractivity contribution in [2.45, 2.75) is 26.3 Å². The highest BCUT2D eigenvalue weighted by molar-refractivity contribution is 9.10. The van der Waals surface area contributed by atoms with Gasteiger partial charge < -0.3 is 4.74 Å². The lowest BCUT2D eigenvalue weighted by Gasteiger charge is -2.26. The molecule has 4 nitrogen and oxygen atoms in total. The van der Waals surface area contributed by atoms with Gasteiger partial charge in [-0.3, -0.25) is 10.00 Å². The van der Waals surface area contributed by atoms with Crippen LogP contribution in [0.4, 0.5) is 0 Å². The molecule has 2 heterocycles. The summed E-state index contributed by atoms with van der Waals surface area (Å²) in [5.74, 6) is 0.861. The SMILES string of the molecule is CCCN1CCc2[nH]nc(-c3cc(Br)ccc3OC)c2C1. The number of aromatic amines is 1. The lowest BCUT2D eigenvalue weighted by molar-refractivity contribution is 0.254. The van der Waals surface area contributed by atoms with E-state index in [1.807, 2.05) is 12.1 Å². The molecule has 0 atom stereocenters. The summed E-state index contributed by atoms with van der Waals surface area (Å²) in [5.41, 5.74) is 4.64. The van der Waals surface area contributed by atoms with E-state index < -0.39 is 0 Å². The summed E-state index contributed by atoms with van der Waals surface area (Å²) in [6.07, 6.45) is 2.22. The predicted octanol–water partition coefficient (Wildman–Crippen LogP) is 3.62. The zero-order chi connectivity index (χ0) is 14.8. The Morgan fingerprint density at radius 3 is 3.05 bits per heavy atom. The van der Waals surface area contributed by atoms with E-state index in [9.17, 15) is 0 Å². The summed E-state index contributed by atoms with van der Waals surface area (Å²) in [6.45, 7) is 5.44. The summed E-state index contributed by atoms with van der Waals surface area (Å²) in [6, 6.07) is 6.05. The second-order valence-electron chi connectivity index (χ2n) is 5.40. The summed E-state index contributed by atoms with van der Waals surface area (Å²) in [4.78, 5) is 2.49. The molecule has 0 fully saturated rings. The standard InChI is InChI=1S/C16H20BrN3O/c1-3-7-20-8-6-14-13(10-20)16(19-18-14)12-9-11(17)4-5-15(12)21-2/h4-5,9H,3,6-8,10H2,1-2H3,(H,18,19). The highest BCUT2D eigenvalue weighted by Gasteiger charge is 2.23. The van der Waals surface area contributed by atoms with E-state index in [-0.39, 0.29) is 0 Å². The number of fused-ring (bicyclic) bond motifs is 1. The quantitative estimate of drug-likeness (QED) is 0.916. The molecule has 2 aromatic rings.